The molecular formula is C11H20N2O. The summed E-state index contributed by atoms with van der Waals surface area (Å²) in [4.78, 5) is 13.4. The number of likely N-dealkylation sites (N-methyl/N-ethyl adjacent to an activating group) is 1. The predicted molar refractivity (Wildman–Crippen MR) is 58.1 cm³/mol. The number of carbonyl (C=O) groups excluding carboxylic acids is 1. The fourth-order valence-corrected chi connectivity index (χ4v) is 1.25. The Morgan fingerprint density at radius 2 is 2.14 bits per heavy atom. The van der Waals surface area contributed by atoms with Crippen molar-refractivity contribution in [3.8, 4) is 0 Å². The summed E-state index contributed by atoms with van der Waals surface area (Å²) in [5.74, 6) is 0.203. The Hall–Kier alpha value is -0.830. The molecule has 3 heteroatoms. The SMILES string of the molecule is CC(C)=CCNCC(=O)N(C)C1CC1. The quantitative estimate of drug-likeness (QED) is 0.528. The summed E-state index contributed by atoms with van der Waals surface area (Å²) in [6, 6.07) is 0.521. The van der Waals surface area contributed by atoms with E-state index in [2.05, 4.69) is 25.2 Å². The number of nitrogens with zero attached hydrogens (tertiary/aromatic N) is 1. The lowest BCUT2D eigenvalue weighted by Crippen LogP contribution is -2.36. The van der Waals surface area contributed by atoms with Crippen LogP contribution in [0.5, 0.6) is 0 Å². The molecule has 1 fully saturated rings. The Morgan fingerprint density at radius 3 is 2.64 bits per heavy atom. The molecule has 14 heavy (non-hydrogen) atoms. The van der Waals surface area contributed by atoms with Gasteiger partial charge in [0.2, 0.25) is 5.91 Å². The number of allylic oxidation sites excluding steroid dienone is 1. The molecule has 0 aromatic rings. The zero-order valence-corrected chi connectivity index (χ0v) is 9.34. The Labute approximate surface area is 86.2 Å². The second kappa shape index (κ2) is 5.15. The number of hydrogen-bond acceptors (Lipinski definition) is 2. The van der Waals surface area contributed by atoms with E-state index >= 15 is 0 Å². The van der Waals surface area contributed by atoms with Crippen molar-refractivity contribution in [2.45, 2.75) is 32.7 Å². The van der Waals surface area contributed by atoms with Gasteiger partial charge in [0.05, 0.1) is 6.54 Å². The summed E-state index contributed by atoms with van der Waals surface area (Å²) in [5.41, 5.74) is 1.28. The maximum atomic E-state index is 11.5. The molecule has 1 rings (SSSR count). The van der Waals surface area contributed by atoms with Crippen molar-refractivity contribution in [2.24, 2.45) is 0 Å². The molecule has 1 saturated carbocycles. The first-order chi connectivity index (χ1) is 6.61. The highest BCUT2D eigenvalue weighted by Crippen LogP contribution is 2.24. The number of hydrogen-bond donors (Lipinski definition) is 1. The van der Waals surface area contributed by atoms with E-state index in [0.29, 0.717) is 12.6 Å². The first-order valence-electron chi connectivity index (χ1n) is 5.21. The third-order valence-corrected chi connectivity index (χ3v) is 2.42. The highest BCUT2D eigenvalue weighted by atomic mass is 16.2. The fraction of sp³-hybridized carbons (Fsp3) is 0.727. The maximum Gasteiger partial charge on any atom is 0.236 e. The van der Waals surface area contributed by atoms with Gasteiger partial charge in [-0.15, -0.1) is 0 Å². The summed E-state index contributed by atoms with van der Waals surface area (Å²) in [6.07, 6.45) is 4.44. The van der Waals surface area contributed by atoms with Crippen LogP contribution in [0.15, 0.2) is 11.6 Å². The highest BCUT2D eigenvalue weighted by Gasteiger charge is 2.28. The van der Waals surface area contributed by atoms with Crippen LogP contribution in [0.3, 0.4) is 0 Å². The van der Waals surface area contributed by atoms with Gasteiger partial charge < -0.3 is 10.2 Å². The molecule has 0 heterocycles. The largest absolute Gasteiger partial charge is 0.342 e. The van der Waals surface area contributed by atoms with Crippen molar-refractivity contribution >= 4 is 5.91 Å². The molecule has 1 amide bonds. The van der Waals surface area contributed by atoms with Crippen LogP contribution in [-0.4, -0.2) is 37.0 Å². The first-order valence-corrected chi connectivity index (χ1v) is 5.21. The smallest absolute Gasteiger partial charge is 0.236 e. The molecular weight excluding hydrogens is 176 g/mol. The molecule has 1 aliphatic rings. The van der Waals surface area contributed by atoms with Gasteiger partial charge in [-0.05, 0) is 26.7 Å². The van der Waals surface area contributed by atoms with Crippen LogP contribution in [0.25, 0.3) is 0 Å². The minimum atomic E-state index is 0.203. The average Bonchev–Trinajstić information content (AvgIpc) is 2.93. The van der Waals surface area contributed by atoms with Gasteiger partial charge in [-0.2, -0.15) is 0 Å². The van der Waals surface area contributed by atoms with Crippen molar-refractivity contribution in [1.82, 2.24) is 10.2 Å². The zero-order chi connectivity index (χ0) is 10.6. The van der Waals surface area contributed by atoms with E-state index in [1.54, 1.807) is 0 Å². The van der Waals surface area contributed by atoms with Gasteiger partial charge in [-0.3, -0.25) is 4.79 Å². The molecule has 0 aliphatic heterocycles. The Morgan fingerprint density at radius 1 is 1.50 bits per heavy atom. The first kappa shape index (κ1) is 11.2. The number of rotatable bonds is 5. The zero-order valence-electron chi connectivity index (χ0n) is 9.34. The summed E-state index contributed by atoms with van der Waals surface area (Å²) >= 11 is 0. The number of amides is 1. The van der Waals surface area contributed by atoms with Crippen molar-refractivity contribution in [3.05, 3.63) is 11.6 Å². The Balaban J connectivity index is 2.11. The minimum Gasteiger partial charge on any atom is -0.342 e. The van der Waals surface area contributed by atoms with Gasteiger partial charge in [0, 0.05) is 19.6 Å². The lowest BCUT2D eigenvalue weighted by Gasteiger charge is -2.16. The van der Waals surface area contributed by atoms with Crippen LogP contribution in [0.1, 0.15) is 26.7 Å². The van der Waals surface area contributed by atoms with Crippen LogP contribution < -0.4 is 5.32 Å². The molecule has 0 aromatic carbocycles. The monoisotopic (exact) mass is 196 g/mol. The fourth-order valence-electron chi connectivity index (χ4n) is 1.25. The molecule has 0 atom stereocenters. The molecule has 0 bridgehead atoms. The summed E-state index contributed by atoms with van der Waals surface area (Å²) < 4.78 is 0. The van der Waals surface area contributed by atoms with Crippen LogP contribution >= 0.6 is 0 Å². The maximum absolute atomic E-state index is 11.5. The van der Waals surface area contributed by atoms with Gasteiger partial charge in [0.1, 0.15) is 0 Å². The minimum absolute atomic E-state index is 0.203. The van der Waals surface area contributed by atoms with E-state index in [9.17, 15) is 4.79 Å². The molecule has 1 N–H and O–H groups in total. The van der Waals surface area contributed by atoms with E-state index in [-0.39, 0.29) is 5.91 Å². The normalized spacial score (nSPS) is 15.1. The van der Waals surface area contributed by atoms with Crippen LogP contribution in [0.4, 0.5) is 0 Å². The van der Waals surface area contributed by atoms with Crippen molar-refractivity contribution < 1.29 is 4.79 Å². The lowest BCUT2D eigenvalue weighted by molar-refractivity contribution is -0.129. The predicted octanol–water partition coefficient (Wildman–Crippen LogP) is 1.16. The topological polar surface area (TPSA) is 32.3 Å². The highest BCUT2D eigenvalue weighted by molar-refractivity contribution is 5.78. The van der Waals surface area contributed by atoms with E-state index in [0.717, 1.165) is 6.54 Å². The van der Waals surface area contributed by atoms with E-state index in [4.69, 9.17) is 0 Å². The summed E-state index contributed by atoms with van der Waals surface area (Å²) in [5, 5.41) is 3.11. The molecule has 0 radical (unpaired) electrons. The van der Waals surface area contributed by atoms with E-state index in [1.807, 2.05) is 11.9 Å². The van der Waals surface area contributed by atoms with Crippen molar-refractivity contribution in [3.63, 3.8) is 0 Å². The van der Waals surface area contributed by atoms with Gasteiger partial charge >= 0.3 is 0 Å². The van der Waals surface area contributed by atoms with Crippen LogP contribution in [0, 0.1) is 0 Å². The second-order valence-electron chi connectivity index (χ2n) is 4.15. The van der Waals surface area contributed by atoms with E-state index in [1.165, 1.54) is 18.4 Å². The van der Waals surface area contributed by atoms with Crippen molar-refractivity contribution in [1.29, 1.82) is 0 Å². The summed E-state index contributed by atoms with van der Waals surface area (Å²) in [7, 11) is 1.89. The van der Waals surface area contributed by atoms with Gasteiger partial charge in [-0.25, -0.2) is 0 Å². The second-order valence-corrected chi connectivity index (χ2v) is 4.15. The molecule has 1 aliphatic carbocycles. The standard InChI is InChI=1S/C11H20N2O/c1-9(2)6-7-12-8-11(14)13(3)10-4-5-10/h6,10,12H,4-5,7-8H2,1-3H3. The number of nitrogens with one attached hydrogen (secondary N) is 1. The lowest BCUT2D eigenvalue weighted by atomic mass is 10.3. The molecule has 3 nitrogen and oxygen atoms in total. The molecule has 80 valence electrons. The molecule has 0 saturated heterocycles. The van der Waals surface area contributed by atoms with Gasteiger partial charge in [0.15, 0.2) is 0 Å². The van der Waals surface area contributed by atoms with Gasteiger partial charge in [0.25, 0.3) is 0 Å². The molecule has 0 unspecified atom stereocenters. The molecule has 0 spiro atoms. The van der Waals surface area contributed by atoms with Crippen LogP contribution in [0.2, 0.25) is 0 Å². The third kappa shape index (κ3) is 3.92. The third-order valence-electron chi connectivity index (χ3n) is 2.42. The Bertz CT molecular complexity index is 227. The number of carbonyl (C=O) groups is 1. The van der Waals surface area contributed by atoms with Crippen LogP contribution in [-0.2, 0) is 4.79 Å². The van der Waals surface area contributed by atoms with Crippen molar-refractivity contribution in [2.75, 3.05) is 20.1 Å². The molecule has 0 aromatic heterocycles. The van der Waals surface area contributed by atoms with Gasteiger partial charge in [-0.1, -0.05) is 11.6 Å². The summed E-state index contributed by atoms with van der Waals surface area (Å²) in [6.45, 7) is 5.35. The van der Waals surface area contributed by atoms with E-state index < -0.39 is 0 Å². The Kier molecular flexibility index (Phi) is 4.14. The average molecular weight is 196 g/mol.